The molecule has 1 unspecified atom stereocenters. The molecular formula is C14H15BrN2S. The van der Waals surface area contributed by atoms with E-state index in [0.717, 1.165) is 15.9 Å². The van der Waals surface area contributed by atoms with Crippen LogP contribution in [0.5, 0.6) is 0 Å². The average molecular weight is 323 g/mol. The zero-order valence-electron chi connectivity index (χ0n) is 10.1. The third-order valence-corrected chi connectivity index (χ3v) is 4.49. The Morgan fingerprint density at radius 1 is 1.28 bits per heavy atom. The molecule has 1 aromatic carbocycles. The molecule has 0 radical (unpaired) electrons. The molecule has 1 atom stereocenters. The molecular weight excluding hydrogens is 308 g/mol. The lowest BCUT2D eigenvalue weighted by Gasteiger charge is -2.11. The lowest BCUT2D eigenvalue weighted by molar-refractivity contribution is 0.729. The van der Waals surface area contributed by atoms with Crippen LogP contribution in [0.2, 0.25) is 0 Å². The Labute approximate surface area is 120 Å². The van der Waals surface area contributed by atoms with Gasteiger partial charge in [-0.2, -0.15) is 0 Å². The maximum atomic E-state index is 5.88. The molecule has 4 heteroatoms. The summed E-state index contributed by atoms with van der Waals surface area (Å²) in [5.41, 5.74) is 7.16. The monoisotopic (exact) mass is 322 g/mol. The summed E-state index contributed by atoms with van der Waals surface area (Å²) in [7, 11) is 0. The Morgan fingerprint density at radius 2 is 2.06 bits per heavy atom. The Bertz CT molecular complexity index is 529. The van der Waals surface area contributed by atoms with Gasteiger partial charge >= 0.3 is 0 Å². The van der Waals surface area contributed by atoms with Gasteiger partial charge in [0.25, 0.3) is 0 Å². The van der Waals surface area contributed by atoms with E-state index >= 15 is 0 Å². The Balaban J connectivity index is 2.26. The predicted octanol–water partition coefficient (Wildman–Crippen LogP) is 3.89. The molecule has 18 heavy (non-hydrogen) atoms. The van der Waals surface area contributed by atoms with Gasteiger partial charge in [0.2, 0.25) is 0 Å². The van der Waals surface area contributed by atoms with Crippen LogP contribution in [-0.4, -0.2) is 11.0 Å². The molecule has 0 fully saturated rings. The van der Waals surface area contributed by atoms with Crippen molar-refractivity contribution in [2.75, 3.05) is 0 Å². The van der Waals surface area contributed by atoms with Gasteiger partial charge in [0, 0.05) is 17.1 Å². The van der Waals surface area contributed by atoms with Gasteiger partial charge in [-0.05, 0) is 53.0 Å². The van der Waals surface area contributed by atoms with Crippen molar-refractivity contribution in [3.63, 3.8) is 0 Å². The molecule has 94 valence electrons. The van der Waals surface area contributed by atoms with Gasteiger partial charge in [-0.15, -0.1) is 0 Å². The number of rotatable bonds is 4. The van der Waals surface area contributed by atoms with Crippen molar-refractivity contribution in [2.24, 2.45) is 5.73 Å². The summed E-state index contributed by atoms with van der Waals surface area (Å²) < 4.78 is 1.02. The fraction of sp³-hybridized carbons (Fsp3) is 0.214. The predicted molar refractivity (Wildman–Crippen MR) is 79.9 cm³/mol. The van der Waals surface area contributed by atoms with Crippen molar-refractivity contribution >= 4 is 27.7 Å². The van der Waals surface area contributed by atoms with Crippen LogP contribution in [0, 0.1) is 0 Å². The standard InChI is InChI=1S/C14H15BrN2S/c1-10(16)9-11-5-2-3-7-13(11)18-14-12(15)6-4-8-17-14/h2-8,10H,9,16H2,1H3. The molecule has 0 aliphatic carbocycles. The van der Waals surface area contributed by atoms with Crippen LogP contribution in [0.3, 0.4) is 0 Å². The molecule has 0 spiro atoms. The van der Waals surface area contributed by atoms with Crippen molar-refractivity contribution in [2.45, 2.75) is 29.3 Å². The number of nitrogens with zero attached hydrogens (tertiary/aromatic N) is 1. The molecule has 2 nitrogen and oxygen atoms in total. The summed E-state index contributed by atoms with van der Waals surface area (Å²) in [5, 5.41) is 0.981. The van der Waals surface area contributed by atoms with E-state index < -0.39 is 0 Å². The van der Waals surface area contributed by atoms with Gasteiger partial charge in [-0.1, -0.05) is 30.0 Å². The Hall–Kier alpha value is -0.840. The van der Waals surface area contributed by atoms with E-state index in [1.165, 1.54) is 10.5 Å². The zero-order chi connectivity index (χ0) is 13.0. The molecule has 1 aromatic heterocycles. The number of halogens is 1. The van der Waals surface area contributed by atoms with E-state index in [2.05, 4.69) is 39.1 Å². The fourth-order valence-electron chi connectivity index (χ4n) is 1.67. The van der Waals surface area contributed by atoms with Crippen LogP contribution in [0.15, 0.2) is 57.0 Å². The van der Waals surface area contributed by atoms with Crippen molar-refractivity contribution in [1.82, 2.24) is 4.98 Å². The number of hydrogen-bond donors (Lipinski definition) is 1. The van der Waals surface area contributed by atoms with Crippen LogP contribution in [0.25, 0.3) is 0 Å². The van der Waals surface area contributed by atoms with Crippen molar-refractivity contribution in [3.05, 3.63) is 52.6 Å². The second-order valence-electron chi connectivity index (χ2n) is 4.18. The van der Waals surface area contributed by atoms with E-state index in [0.29, 0.717) is 0 Å². The number of pyridine rings is 1. The molecule has 0 aliphatic heterocycles. The second-order valence-corrected chi connectivity index (χ2v) is 6.07. The van der Waals surface area contributed by atoms with Gasteiger partial charge in [0.1, 0.15) is 5.03 Å². The maximum absolute atomic E-state index is 5.88. The zero-order valence-corrected chi connectivity index (χ0v) is 12.5. The summed E-state index contributed by atoms with van der Waals surface area (Å²) in [5.74, 6) is 0. The van der Waals surface area contributed by atoms with Crippen LogP contribution in [0.4, 0.5) is 0 Å². The van der Waals surface area contributed by atoms with E-state index in [1.807, 2.05) is 25.1 Å². The first-order chi connectivity index (χ1) is 8.66. The van der Waals surface area contributed by atoms with Crippen LogP contribution < -0.4 is 5.73 Å². The maximum Gasteiger partial charge on any atom is 0.115 e. The summed E-state index contributed by atoms with van der Waals surface area (Å²) in [6.07, 6.45) is 2.69. The van der Waals surface area contributed by atoms with Gasteiger partial charge in [-0.25, -0.2) is 4.98 Å². The quantitative estimate of drug-likeness (QED) is 0.928. The topological polar surface area (TPSA) is 38.9 Å². The molecule has 1 heterocycles. The molecule has 2 N–H and O–H groups in total. The van der Waals surface area contributed by atoms with Gasteiger partial charge in [0.15, 0.2) is 0 Å². The number of aromatic nitrogens is 1. The van der Waals surface area contributed by atoms with Gasteiger partial charge in [0.05, 0.1) is 4.47 Å². The highest BCUT2D eigenvalue weighted by Crippen LogP contribution is 2.33. The lowest BCUT2D eigenvalue weighted by Crippen LogP contribution is -2.18. The molecule has 2 aromatic rings. The first kappa shape index (κ1) is 13.6. The average Bonchev–Trinajstić information content (AvgIpc) is 2.34. The van der Waals surface area contributed by atoms with Crippen LogP contribution in [0.1, 0.15) is 12.5 Å². The minimum Gasteiger partial charge on any atom is -0.328 e. The normalized spacial score (nSPS) is 12.4. The lowest BCUT2D eigenvalue weighted by atomic mass is 10.1. The highest BCUT2D eigenvalue weighted by atomic mass is 79.9. The first-order valence-corrected chi connectivity index (χ1v) is 7.39. The van der Waals surface area contributed by atoms with E-state index in [1.54, 1.807) is 18.0 Å². The smallest absolute Gasteiger partial charge is 0.115 e. The summed E-state index contributed by atoms with van der Waals surface area (Å²) in [4.78, 5) is 5.60. The van der Waals surface area contributed by atoms with E-state index in [9.17, 15) is 0 Å². The number of benzene rings is 1. The van der Waals surface area contributed by atoms with Crippen LogP contribution >= 0.6 is 27.7 Å². The van der Waals surface area contributed by atoms with Crippen LogP contribution in [-0.2, 0) is 6.42 Å². The first-order valence-electron chi connectivity index (χ1n) is 5.78. The molecule has 2 rings (SSSR count). The number of nitrogens with two attached hydrogens (primary N) is 1. The summed E-state index contributed by atoms with van der Waals surface area (Å²) in [6.45, 7) is 2.03. The molecule has 0 aliphatic rings. The Morgan fingerprint density at radius 3 is 2.78 bits per heavy atom. The van der Waals surface area contributed by atoms with Crippen molar-refractivity contribution in [1.29, 1.82) is 0 Å². The molecule has 0 bridgehead atoms. The molecule has 0 saturated carbocycles. The largest absolute Gasteiger partial charge is 0.328 e. The second kappa shape index (κ2) is 6.36. The Kier molecular flexibility index (Phi) is 4.80. The van der Waals surface area contributed by atoms with Gasteiger partial charge in [-0.3, -0.25) is 0 Å². The van der Waals surface area contributed by atoms with E-state index in [4.69, 9.17) is 5.73 Å². The van der Waals surface area contributed by atoms with E-state index in [-0.39, 0.29) is 6.04 Å². The highest BCUT2D eigenvalue weighted by Gasteiger charge is 2.08. The SMILES string of the molecule is CC(N)Cc1ccccc1Sc1ncccc1Br. The fourth-order valence-corrected chi connectivity index (χ4v) is 3.08. The number of hydrogen-bond acceptors (Lipinski definition) is 3. The third kappa shape index (κ3) is 3.57. The summed E-state index contributed by atoms with van der Waals surface area (Å²) >= 11 is 5.19. The minimum absolute atomic E-state index is 0.166. The molecule has 0 saturated heterocycles. The summed E-state index contributed by atoms with van der Waals surface area (Å²) in [6, 6.07) is 12.4. The van der Waals surface area contributed by atoms with Crippen molar-refractivity contribution in [3.8, 4) is 0 Å². The molecule has 0 amide bonds. The third-order valence-electron chi connectivity index (χ3n) is 2.45. The minimum atomic E-state index is 0.166. The highest BCUT2D eigenvalue weighted by molar-refractivity contribution is 9.10. The van der Waals surface area contributed by atoms with Crippen molar-refractivity contribution < 1.29 is 0 Å². The van der Waals surface area contributed by atoms with Gasteiger partial charge < -0.3 is 5.73 Å².